The van der Waals surface area contributed by atoms with Crippen LogP contribution in [-0.2, 0) is 4.74 Å². The summed E-state index contributed by atoms with van der Waals surface area (Å²) in [6.07, 6.45) is 7.01. The van der Waals surface area contributed by atoms with Gasteiger partial charge in [-0.25, -0.2) is 0 Å². The van der Waals surface area contributed by atoms with Crippen LogP contribution >= 0.6 is 21.6 Å². The van der Waals surface area contributed by atoms with E-state index in [2.05, 4.69) is 35.1 Å². The van der Waals surface area contributed by atoms with E-state index in [0.717, 1.165) is 5.75 Å². The maximum atomic E-state index is 5.96. The topological polar surface area (TPSA) is 18.5 Å². The van der Waals surface area contributed by atoms with Crippen molar-refractivity contribution < 1.29 is 9.47 Å². The lowest BCUT2D eigenvalue weighted by atomic mass is 9.81. The highest BCUT2D eigenvalue weighted by Gasteiger charge is 2.51. The van der Waals surface area contributed by atoms with Gasteiger partial charge in [0.15, 0.2) is 0 Å². The van der Waals surface area contributed by atoms with E-state index in [1.807, 2.05) is 31.8 Å². The van der Waals surface area contributed by atoms with Crippen molar-refractivity contribution >= 4 is 21.6 Å². The Morgan fingerprint density at radius 2 is 1.64 bits per heavy atom. The zero-order chi connectivity index (χ0) is 16.0. The SMILES string of the molecule is CC.COc1ccc(C2SSC3(CCCCC3)C2OC)cc1. The Bertz CT molecular complexity index is 441. The first-order chi connectivity index (χ1) is 10.8. The first-order valence-corrected chi connectivity index (χ1v) is 10.5. The van der Waals surface area contributed by atoms with E-state index in [1.54, 1.807) is 7.11 Å². The summed E-state index contributed by atoms with van der Waals surface area (Å²) in [4.78, 5) is 0. The minimum Gasteiger partial charge on any atom is -0.497 e. The van der Waals surface area contributed by atoms with Crippen molar-refractivity contribution in [3.05, 3.63) is 29.8 Å². The highest BCUT2D eigenvalue weighted by molar-refractivity contribution is 8.77. The molecule has 0 bridgehead atoms. The fourth-order valence-corrected chi connectivity index (χ4v) is 7.61. The zero-order valence-corrected chi connectivity index (χ0v) is 15.8. The highest BCUT2D eigenvalue weighted by atomic mass is 33.1. The van der Waals surface area contributed by atoms with Gasteiger partial charge >= 0.3 is 0 Å². The Kier molecular flexibility index (Phi) is 6.97. The molecular formula is C18H28O2S2. The molecule has 1 heterocycles. The van der Waals surface area contributed by atoms with E-state index in [4.69, 9.17) is 9.47 Å². The van der Waals surface area contributed by atoms with Gasteiger partial charge in [0.25, 0.3) is 0 Å². The standard InChI is InChI=1S/C16H22O2S2.C2H6/c1-17-13-8-6-12(7-9-13)14-15(18-2)16(20-19-14)10-4-3-5-11-16;1-2/h6-9,14-15H,3-5,10-11H2,1-2H3;1-2H3. The smallest absolute Gasteiger partial charge is 0.118 e. The van der Waals surface area contributed by atoms with Crippen molar-refractivity contribution in [1.82, 2.24) is 0 Å². The van der Waals surface area contributed by atoms with Gasteiger partial charge < -0.3 is 9.47 Å². The Morgan fingerprint density at radius 1 is 1.00 bits per heavy atom. The summed E-state index contributed by atoms with van der Waals surface area (Å²) < 4.78 is 11.5. The second kappa shape index (κ2) is 8.51. The molecule has 1 saturated heterocycles. The summed E-state index contributed by atoms with van der Waals surface area (Å²) in [5.74, 6) is 0.922. The third kappa shape index (κ3) is 3.60. The molecule has 2 atom stereocenters. The summed E-state index contributed by atoms with van der Waals surface area (Å²) in [6.45, 7) is 4.00. The lowest BCUT2D eigenvalue weighted by Crippen LogP contribution is -2.40. The quantitative estimate of drug-likeness (QED) is 0.640. The number of rotatable bonds is 3. The molecular weight excluding hydrogens is 312 g/mol. The van der Waals surface area contributed by atoms with E-state index in [1.165, 1.54) is 37.7 Å². The predicted molar refractivity (Wildman–Crippen MR) is 98.9 cm³/mol. The molecule has 2 nitrogen and oxygen atoms in total. The molecule has 0 radical (unpaired) electrons. The van der Waals surface area contributed by atoms with E-state index < -0.39 is 0 Å². The summed E-state index contributed by atoms with van der Waals surface area (Å²) in [5.41, 5.74) is 1.36. The first kappa shape index (κ1) is 18.0. The van der Waals surface area contributed by atoms with Crippen LogP contribution < -0.4 is 4.74 Å². The Labute approximate surface area is 143 Å². The van der Waals surface area contributed by atoms with Crippen molar-refractivity contribution in [1.29, 1.82) is 0 Å². The van der Waals surface area contributed by atoms with Gasteiger partial charge in [-0.2, -0.15) is 0 Å². The van der Waals surface area contributed by atoms with Crippen molar-refractivity contribution in [3.63, 3.8) is 0 Å². The molecule has 1 aromatic carbocycles. The molecule has 0 amide bonds. The number of methoxy groups -OCH3 is 2. The number of hydrogen-bond donors (Lipinski definition) is 0. The van der Waals surface area contributed by atoms with Gasteiger partial charge in [0.05, 0.1) is 23.2 Å². The van der Waals surface area contributed by atoms with Gasteiger partial charge in [-0.3, -0.25) is 0 Å². The predicted octanol–water partition coefficient (Wildman–Crippen LogP) is 5.88. The van der Waals surface area contributed by atoms with Crippen LogP contribution in [0, 0.1) is 0 Å². The molecule has 3 rings (SSSR count). The number of hydrogen-bond acceptors (Lipinski definition) is 4. The van der Waals surface area contributed by atoms with Crippen LogP contribution in [0.2, 0.25) is 0 Å². The Balaban J connectivity index is 0.000000847. The van der Waals surface area contributed by atoms with Crippen molar-refractivity contribution in [2.24, 2.45) is 0 Å². The molecule has 124 valence electrons. The van der Waals surface area contributed by atoms with Crippen LogP contribution in [0.4, 0.5) is 0 Å². The second-order valence-electron chi connectivity index (χ2n) is 5.66. The second-order valence-corrected chi connectivity index (χ2v) is 8.41. The zero-order valence-electron chi connectivity index (χ0n) is 14.1. The van der Waals surface area contributed by atoms with Gasteiger partial charge in [-0.05, 0) is 30.5 Å². The van der Waals surface area contributed by atoms with Crippen LogP contribution in [0.3, 0.4) is 0 Å². The molecule has 2 fully saturated rings. The summed E-state index contributed by atoms with van der Waals surface area (Å²) >= 11 is 0. The molecule has 22 heavy (non-hydrogen) atoms. The minimum atomic E-state index is 0.325. The van der Waals surface area contributed by atoms with Crippen LogP contribution in [0.5, 0.6) is 5.75 Å². The molecule has 1 aromatic rings. The maximum absolute atomic E-state index is 5.96. The fraction of sp³-hybridized carbons (Fsp3) is 0.667. The average molecular weight is 341 g/mol. The Hall–Kier alpha value is -0.320. The van der Waals surface area contributed by atoms with Crippen LogP contribution in [0.25, 0.3) is 0 Å². The molecule has 1 spiro atoms. The number of benzene rings is 1. The van der Waals surface area contributed by atoms with Crippen molar-refractivity contribution in [2.45, 2.75) is 62.1 Å². The molecule has 4 heteroatoms. The maximum Gasteiger partial charge on any atom is 0.118 e. The summed E-state index contributed by atoms with van der Waals surface area (Å²) in [5, 5.41) is 0.439. The van der Waals surface area contributed by atoms with E-state index >= 15 is 0 Å². The third-order valence-electron chi connectivity index (χ3n) is 4.51. The molecule has 1 aliphatic carbocycles. The van der Waals surface area contributed by atoms with E-state index in [0.29, 0.717) is 16.1 Å². The molecule has 2 unspecified atom stereocenters. The average Bonchev–Trinajstić information content (AvgIpc) is 2.95. The largest absolute Gasteiger partial charge is 0.497 e. The van der Waals surface area contributed by atoms with Crippen molar-refractivity contribution in [2.75, 3.05) is 14.2 Å². The highest BCUT2D eigenvalue weighted by Crippen LogP contribution is 2.63. The lowest BCUT2D eigenvalue weighted by molar-refractivity contribution is 0.0552. The summed E-state index contributed by atoms with van der Waals surface area (Å²) in [6, 6.07) is 8.48. The van der Waals surface area contributed by atoms with E-state index in [9.17, 15) is 0 Å². The molecule has 0 aromatic heterocycles. The van der Waals surface area contributed by atoms with Crippen molar-refractivity contribution in [3.8, 4) is 5.75 Å². The van der Waals surface area contributed by atoms with Gasteiger partial charge in [0.2, 0.25) is 0 Å². The van der Waals surface area contributed by atoms with Crippen LogP contribution in [0.1, 0.15) is 56.8 Å². The molecule has 2 aliphatic rings. The van der Waals surface area contributed by atoms with Gasteiger partial charge in [-0.1, -0.05) is 66.8 Å². The lowest BCUT2D eigenvalue weighted by Gasteiger charge is -2.37. The van der Waals surface area contributed by atoms with Gasteiger partial charge in [-0.15, -0.1) is 0 Å². The third-order valence-corrected chi connectivity index (χ3v) is 8.21. The fourth-order valence-electron chi connectivity index (χ4n) is 3.40. The van der Waals surface area contributed by atoms with Gasteiger partial charge in [0.1, 0.15) is 5.75 Å². The van der Waals surface area contributed by atoms with E-state index in [-0.39, 0.29) is 0 Å². The summed E-state index contributed by atoms with van der Waals surface area (Å²) in [7, 11) is 7.66. The molecule has 1 saturated carbocycles. The van der Waals surface area contributed by atoms with Crippen LogP contribution in [0.15, 0.2) is 24.3 Å². The minimum absolute atomic E-state index is 0.325. The number of ether oxygens (including phenoxy) is 2. The van der Waals surface area contributed by atoms with Gasteiger partial charge in [0, 0.05) is 7.11 Å². The Morgan fingerprint density at radius 3 is 2.18 bits per heavy atom. The first-order valence-electron chi connectivity index (χ1n) is 8.30. The van der Waals surface area contributed by atoms with Crippen LogP contribution in [-0.4, -0.2) is 25.1 Å². The normalized spacial score (nSPS) is 26.4. The molecule has 1 aliphatic heterocycles. The monoisotopic (exact) mass is 340 g/mol. The molecule has 0 N–H and O–H groups in total.